The number of rotatable bonds is 0. The smallest absolute Gasteiger partial charge is 0.0459 e. The molecule has 4 rings (SSSR count). The lowest BCUT2D eigenvalue weighted by Gasteiger charge is -2.24. The van der Waals surface area contributed by atoms with E-state index in [1.807, 2.05) is 0 Å². The van der Waals surface area contributed by atoms with Gasteiger partial charge in [-0.2, -0.15) is 0 Å². The van der Waals surface area contributed by atoms with Crippen molar-refractivity contribution in [3.05, 3.63) is 35.5 Å². The summed E-state index contributed by atoms with van der Waals surface area (Å²) in [5.41, 5.74) is 4.42. The van der Waals surface area contributed by atoms with Gasteiger partial charge < -0.3 is 10.3 Å². The third-order valence-electron chi connectivity index (χ3n) is 4.30. The summed E-state index contributed by atoms with van der Waals surface area (Å²) in [5, 5.41) is 5.00. The topological polar surface area (TPSA) is 27.8 Å². The Hall–Kier alpha value is -1.28. The van der Waals surface area contributed by atoms with Gasteiger partial charge in [-0.25, -0.2) is 0 Å². The second-order valence-corrected chi connectivity index (χ2v) is 5.13. The first-order valence-electron chi connectivity index (χ1n) is 6.23. The van der Waals surface area contributed by atoms with Crippen LogP contribution in [0.5, 0.6) is 0 Å². The summed E-state index contributed by atoms with van der Waals surface area (Å²) >= 11 is 0. The molecule has 2 N–H and O–H groups in total. The lowest BCUT2D eigenvalue weighted by Crippen LogP contribution is -2.18. The summed E-state index contributed by atoms with van der Waals surface area (Å²) in [7, 11) is 0. The maximum Gasteiger partial charge on any atom is 0.0459 e. The zero-order valence-corrected chi connectivity index (χ0v) is 9.29. The zero-order chi connectivity index (χ0) is 10.5. The van der Waals surface area contributed by atoms with Crippen molar-refractivity contribution in [1.82, 2.24) is 10.3 Å². The summed E-state index contributed by atoms with van der Waals surface area (Å²) in [6.07, 6.45) is 2.57. The highest BCUT2D eigenvalue weighted by molar-refractivity contribution is 5.85. The Morgan fingerprint density at radius 2 is 2.06 bits per heavy atom. The van der Waals surface area contributed by atoms with Crippen molar-refractivity contribution in [2.45, 2.75) is 18.8 Å². The number of fused-ring (bicyclic) bond motifs is 5. The minimum Gasteiger partial charge on any atom is -0.358 e. The standard InChI is InChI=1S/C14H16N2/c1-2-4-12-10(3-1)14-11-8-15-7-9(11)5-6-13(14)16-12/h1-4,9,11,15-16H,5-8H2/t9?,11-/m1/s1. The Morgan fingerprint density at radius 1 is 1.12 bits per heavy atom. The van der Waals surface area contributed by atoms with Crippen LogP contribution < -0.4 is 5.32 Å². The van der Waals surface area contributed by atoms with Crippen LogP contribution in [0.4, 0.5) is 0 Å². The van der Waals surface area contributed by atoms with Crippen molar-refractivity contribution in [2.24, 2.45) is 5.92 Å². The third kappa shape index (κ3) is 1.05. The van der Waals surface area contributed by atoms with Gasteiger partial charge in [0.25, 0.3) is 0 Å². The lowest BCUT2D eigenvalue weighted by molar-refractivity contribution is 0.451. The van der Waals surface area contributed by atoms with Crippen LogP contribution in [0.15, 0.2) is 24.3 Å². The number of hydrogen-bond acceptors (Lipinski definition) is 1. The Kier molecular flexibility index (Phi) is 1.71. The average Bonchev–Trinajstić information content (AvgIpc) is 2.91. The number of nitrogens with one attached hydrogen (secondary N) is 2. The normalized spacial score (nSPS) is 28.0. The quantitative estimate of drug-likeness (QED) is 0.689. The largest absolute Gasteiger partial charge is 0.358 e. The van der Waals surface area contributed by atoms with E-state index < -0.39 is 0 Å². The Bertz CT molecular complexity index is 541. The first kappa shape index (κ1) is 8.82. The minimum atomic E-state index is 0.750. The van der Waals surface area contributed by atoms with Crippen molar-refractivity contribution in [3.8, 4) is 0 Å². The summed E-state index contributed by atoms with van der Waals surface area (Å²) in [4.78, 5) is 3.60. The molecular formula is C14H16N2. The van der Waals surface area contributed by atoms with E-state index in [-0.39, 0.29) is 0 Å². The van der Waals surface area contributed by atoms with Crippen molar-refractivity contribution in [3.63, 3.8) is 0 Å². The molecule has 1 saturated heterocycles. The molecular weight excluding hydrogens is 196 g/mol. The van der Waals surface area contributed by atoms with Gasteiger partial charge in [0.2, 0.25) is 0 Å². The Morgan fingerprint density at radius 3 is 3.06 bits per heavy atom. The Balaban J connectivity index is 1.99. The monoisotopic (exact) mass is 212 g/mol. The molecule has 2 aromatic rings. The van der Waals surface area contributed by atoms with E-state index in [1.54, 1.807) is 5.56 Å². The summed E-state index contributed by atoms with van der Waals surface area (Å²) in [6.45, 7) is 2.38. The second-order valence-electron chi connectivity index (χ2n) is 5.13. The third-order valence-corrected chi connectivity index (χ3v) is 4.30. The van der Waals surface area contributed by atoms with Crippen LogP contribution in [0.1, 0.15) is 23.6 Å². The molecule has 16 heavy (non-hydrogen) atoms. The molecule has 2 nitrogen and oxygen atoms in total. The van der Waals surface area contributed by atoms with Gasteiger partial charge in [-0.05, 0) is 36.9 Å². The van der Waals surface area contributed by atoms with E-state index >= 15 is 0 Å². The highest BCUT2D eigenvalue weighted by Crippen LogP contribution is 2.41. The summed E-state index contributed by atoms with van der Waals surface area (Å²) in [5.74, 6) is 1.62. The fourth-order valence-corrected chi connectivity index (χ4v) is 3.54. The van der Waals surface area contributed by atoms with Crippen LogP contribution in [0, 0.1) is 5.92 Å². The predicted molar refractivity (Wildman–Crippen MR) is 65.7 cm³/mol. The maximum absolute atomic E-state index is 3.60. The van der Waals surface area contributed by atoms with Gasteiger partial charge in [-0.3, -0.25) is 0 Å². The lowest BCUT2D eigenvalue weighted by atomic mass is 9.79. The van der Waals surface area contributed by atoms with Crippen LogP contribution >= 0.6 is 0 Å². The molecule has 0 amide bonds. The van der Waals surface area contributed by atoms with E-state index in [0.29, 0.717) is 0 Å². The molecule has 2 atom stereocenters. The first-order valence-corrected chi connectivity index (χ1v) is 6.23. The molecule has 2 heterocycles. The molecule has 1 aromatic heterocycles. The number of aryl methyl sites for hydroxylation is 1. The van der Waals surface area contributed by atoms with Gasteiger partial charge in [0.05, 0.1) is 0 Å². The molecule has 1 unspecified atom stereocenters. The molecule has 0 spiro atoms. The van der Waals surface area contributed by atoms with E-state index in [9.17, 15) is 0 Å². The molecule has 1 aliphatic heterocycles. The molecule has 0 radical (unpaired) electrons. The van der Waals surface area contributed by atoms with Crippen LogP contribution in [-0.2, 0) is 6.42 Å². The molecule has 0 saturated carbocycles. The highest BCUT2D eigenvalue weighted by Gasteiger charge is 2.35. The van der Waals surface area contributed by atoms with E-state index in [0.717, 1.165) is 11.8 Å². The van der Waals surface area contributed by atoms with Crippen LogP contribution in [0.2, 0.25) is 0 Å². The molecule has 0 bridgehead atoms. The number of para-hydroxylation sites is 1. The predicted octanol–water partition coefficient (Wildman–Crippen LogP) is 2.42. The van der Waals surface area contributed by atoms with Crippen LogP contribution in [0.25, 0.3) is 10.9 Å². The van der Waals surface area contributed by atoms with Crippen molar-refractivity contribution >= 4 is 10.9 Å². The fourth-order valence-electron chi connectivity index (χ4n) is 3.54. The highest BCUT2D eigenvalue weighted by atomic mass is 14.9. The van der Waals surface area contributed by atoms with E-state index in [4.69, 9.17) is 0 Å². The van der Waals surface area contributed by atoms with Gasteiger partial charge in [-0.1, -0.05) is 18.2 Å². The molecule has 82 valence electrons. The van der Waals surface area contributed by atoms with Gasteiger partial charge >= 0.3 is 0 Å². The van der Waals surface area contributed by atoms with Crippen molar-refractivity contribution in [1.29, 1.82) is 0 Å². The van der Waals surface area contributed by atoms with Crippen molar-refractivity contribution in [2.75, 3.05) is 13.1 Å². The van der Waals surface area contributed by atoms with Crippen LogP contribution in [0.3, 0.4) is 0 Å². The van der Waals surface area contributed by atoms with Gasteiger partial charge in [-0.15, -0.1) is 0 Å². The molecule has 1 aliphatic carbocycles. The first-order chi connectivity index (χ1) is 7.93. The summed E-state index contributed by atoms with van der Waals surface area (Å²) in [6, 6.07) is 8.74. The number of aromatic nitrogens is 1. The SMILES string of the molecule is c1ccc2c3c([nH]c2c1)CCC1CNC[C@@H]31. The Labute approximate surface area is 95.1 Å². The minimum absolute atomic E-state index is 0.750. The molecule has 1 fully saturated rings. The number of aromatic amines is 1. The van der Waals surface area contributed by atoms with E-state index in [2.05, 4.69) is 34.6 Å². The van der Waals surface area contributed by atoms with Crippen molar-refractivity contribution < 1.29 is 0 Å². The molecule has 2 aliphatic rings. The maximum atomic E-state index is 3.60. The van der Waals surface area contributed by atoms with Gasteiger partial charge in [0, 0.05) is 29.1 Å². The number of hydrogen-bond donors (Lipinski definition) is 2. The number of benzene rings is 1. The van der Waals surface area contributed by atoms with Gasteiger partial charge in [0.1, 0.15) is 0 Å². The molecule has 2 heteroatoms. The zero-order valence-electron chi connectivity index (χ0n) is 9.29. The fraction of sp³-hybridized carbons (Fsp3) is 0.429. The van der Waals surface area contributed by atoms with Crippen LogP contribution in [-0.4, -0.2) is 18.1 Å². The number of H-pyrrole nitrogens is 1. The van der Waals surface area contributed by atoms with Gasteiger partial charge in [0.15, 0.2) is 0 Å². The average molecular weight is 212 g/mol. The second kappa shape index (κ2) is 3.11. The van der Waals surface area contributed by atoms with E-state index in [1.165, 1.54) is 42.5 Å². The molecule has 1 aromatic carbocycles. The summed E-state index contributed by atoms with van der Waals surface area (Å²) < 4.78 is 0.